The van der Waals surface area contributed by atoms with Crippen LogP contribution in [0.1, 0.15) is 80.6 Å². The van der Waals surface area contributed by atoms with Gasteiger partial charge in [-0.25, -0.2) is 0 Å². The Morgan fingerprint density at radius 3 is 2.16 bits per heavy atom. The molecule has 2 heterocycles. The van der Waals surface area contributed by atoms with Crippen LogP contribution in [0, 0.1) is 11.8 Å². The zero-order chi connectivity index (χ0) is 32.8. The second-order valence-corrected chi connectivity index (χ2v) is 12.9. The number of hydrogen-bond donors (Lipinski definition) is 3. The van der Waals surface area contributed by atoms with Crippen molar-refractivity contribution >= 4 is 35.5 Å². The Bertz CT molecular complexity index is 1060. The molecule has 0 bridgehead atoms. The van der Waals surface area contributed by atoms with E-state index < -0.39 is 71.4 Å². The zero-order valence-corrected chi connectivity index (χ0v) is 27.1. The number of carbonyl (C=O) groups is 6. The van der Waals surface area contributed by atoms with Crippen LogP contribution in [0.3, 0.4) is 0 Å². The third-order valence-corrected chi connectivity index (χ3v) is 8.44. The number of rotatable bonds is 5. The Morgan fingerprint density at radius 2 is 1.60 bits per heavy atom. The van der Waals surface area contributed by atoms with Gasteiger partial charge in [-0.05, 0) is 45.4 Å². The second-order valence-electron chi connectivity index (χ2n) is 12.9. The summed E-state index contributed by atoms with van der Waals surface area (Å²) in [7, 11) is 3.00. The van der Waals surface area contributed by atoms with Crippen molar-refractivity contribution < 1.29 is 38.6 Å². The van der Waals surface area contributed by atoms with Crippen LogP contribution in [-0.4, -0.2) is 118 Å². The normalized spacial score (nSPS) is 28.5. The Balaban J connectivity index is 2.56. The van der Waals surface area contributed by atoms with Crippen molar-refractivity contribution in [2.45, 2.75) is 116 Å². The molecule has 6 atom stereocenters. The average Bonchev–Trinajstić information content (AvgIpc) is 3.42. The van der Waals surface area contributed by atoms with E-state index in [9.17, 15) is 33.9 Å². The lowest BCUT2D eigenvalue weighted by molar-refractivity contribution is -0.164. The molecule has 3 N–H and O–H groups in total. The summed E-state index contributed by atoms with van der Waals surface area (Å²) in [5.74, 6) is -3.91. The lowest BCUT2D eigenvalue weighted by Crippen LogP contribution is -2.61. The van der Waals surface area contributed by atoms with E-state index in [1.54, 1.807) is 20.8 Å². The summed E-state index contributed by atoms with van der Waals surface area (Å²) >= 11 is 0. The van der Waals surface area contributed by atoms with Crippen LogP contribution in [0.2, 0.25) is 0 Å². The van der Waals surface area contributed by atoms with Gasteiger partial charge in [-0.1, -0.05) is 34.1 Å². The van der Waals surface area contributed by atoms with Crippen LogP contribution in [0.15, 0.2) is 0 Å². The summed E-state index contributed by atoms with van der Waals surface area (Å²) in [6.45, 7) is 12.0. The van der Waals surface area contributed by atoms with Gasteiger partial charge >= 0.3 is 5.97 Å². The van der Waals surface area contributed by atoms with Crippen LogP contribution in [-0.2, 0) is 33.5 Å². The first kappa shape index (κ1) is 36.0. The van der Waals surface area contributed by atoms with E-state index in [-0.39, 0.29) is 37.8 Å². The van der Waals surface area contributed by atoms with Crippen molar-refractivity contribution in [1.82, 2.24) is 25.3 Å². The number of ether oxygens (including phenoxy) is 1. The molecule has 0 aliphatic carbocycles. The number of nitrogens with zero attached hydrogens (tertiary/aromatic N) is 3. The number of aliphatic hydroxyl groups is 1. The summed E-state index contributed by atoms with van der Waals surface area (Å²) in [4.78, 5) is 84.6. The summed E-state index contributed by atoms with van der Waals surface area (Å²) in [5.41, 5.74) is -1.36. The third kappa shape index (κ3) is 9.14. The fraction of sp³-hybridized carbons (Fsp3) is 0.800. The van der Waals surface area contributed by atoms with E-state index in [2.05, 4.69) is 10.6 Å². The summed E-state index contributed by atoms with van der Waals surface area (Å²) in [5, 5.41) is 15.9. The first-order valence-electron chi connectivity index (χ1n) is 15.2. The van der Waals surface area contributed by atoms with Gasteiger partial charge in [-0.2, -0.15) is 0 Å². The van der Waals surface area contributed by atoms with Crippen LogP contribution >= 0.6 is 0 Å². The Kier molecular flexibility index (Phi) is 12.5. The molecule has 5 amide bonds. The number of cyclic esters (lactones) is 1. The lowest BCUT2D eigenvalue weighted by atomic mass is 9.94. The monoisotopic (exact) mass is 609 g/mol. The van der Waals surface area contributed by atoms with Crippen molar-refractivity contribution in [1.29, 1.82) is 0 Å². The first-order chi connectivity index (χ1) is 19.9. The van der Waals surface area contributed by atoms with E-state index in [4.69, 9.17) is 4.74 Å². The smallest absolute Gasteiger partial charge is 0.308 e. The van der Waals surface area contributed by atoms with Gasteiger partial charge in [-0.15, -0.1) is 0 Å². The minimum absolute atomic E-state index is 0.106. The van der Waals surface area contributed by atoms with Gasteiger partial charge in [0.15, 0.2) is 6.10 Å². The highest BCUT2D eigenvalue weighted by Gasteiger charge is 2.43. The molecular formula is C30H51N5O8. The molecule has 13 heteroatoms. The zero-order valence-electron chi connectivity index (χ0n) is 27.1. The lowest BCUT2D eigenvalue weighted by Gasteiger charge is -2.38. The molecule has 0 saturated carbocycles. The van der Waals surface area contributed by atoms with Crippen LogP contribution < -0.4 is 10.6 Å². The van der Waals surface area contributed by atoms with Gasteiger partial charge < -0.3 is 35.2 Å². The van der Waals surface area contributed by atoms with Crippen molar-refractivity contribution in [3.63, 3.8) is 0 Å². The molecule has 2 aliphatic heterocycles. The van der Waals surface area contributed by atoms with Crippen LogP contribution in [0.5, 0.6) is 0 Å². The molecule has 1 unspecified atom stereocenters. The Labute approximate surface area is 255 Å². The molecule has 0 aromatic rings. The first-order valence-corrected chi connectivity index (χ1v) is 15.2. The van der Waals surface area contributed by atoms with Gasteiger partial charge in [0.05, 0.1) is 12.0 Å². The molecule has 0 aromatic carbocycles. The van der Waals surface area contributed by atoms with E-state index >= 15 is 0 Å². The minimum Gasteiger partial charge on any atom is -0.452 e. The third-order valence-electron chi connectivity index (χ3n) is 8.44. The number of amides is 5. The van der Waals surface area contributed by atoms with Crippen molar-refractivity contribution in [2.24, 2.45) is 11.8 Å². The Morgan fingerprint density at radius 1 is 0.977 bits per heavy atom. The molecule has 244 valence electrons. The summed E-state index contributed by atoms with van der Waals surface area (Å²) in [6, 6.07) is -3.72. The van der Waals surface area contributed by atoms with Gasteiger partial charge in [0.25, 0.3) is 5.91 Å². The SMILES string of the molecule is CC[C@H](C)[C@@H]1NC(=O)[C@@H]2CCCN2C(=O)[C@@H](CC(C)(C)O)OC(=O)CCNC(=O)[C@H](C)N(C)C(=O)C(C(C)C)N(C)C1=O. The van der Waals surface area contributed by atoms with Crippen LogP contribution in [0.4, 0.5) is 0 Å². The molecule has 0 radical (unpaired) electrons. The standard InChI is InChI=1S/C30H51N5O8/c1-10-18(4)23-28(40)34(9)24(17(2)3)29(41)33(8)19(5)25(37)31-14-13-22(36)43-21(16-30(6,7)42)27(39)35-15-11-12-20(35)26(38)32-23/h17-21,23-24,42H,10-16H2,1-9H3,(H,31,37)(H,32,38)/t18-,19-,20-,21+,23-,24?/m0/s1. The number of fused-ring (bicyclic) bond motifs is 1. The fourth-order valence-electron chi connectivity index (χ4n) is 5.54. The maximum atomic E-state index is 13.9. The quantitative estimate of drug-likeness (QED) is 0.378. The molecule has 2 fully saturated rings. The maximum absolute atomic E-state index is 13.9. The molecule has 2 saturated heterocycles. The molecule has 2 aliphatic rings. The highest BCUT2D eigenvalue weighted by molar-refractivity contribution is 5.96. The predicted octanol–water partition coefficient (Wildman–Crippen LogP) is 0.431. The van der Waals surface area contributed by atoms with Gasteiger partial charge in [0.1, 0.15) is 24.2 Å². The molecular weight excluding hydrogens is 558 g/mol. The summed E-state index contributed by atoms with van der Waals surface area (Å²) < 4.78 is 5.50. The number of hydrogen-bond acceptors (Lipinski definition) is 8. The molecule has 0 aromatic heterocycles. The fourth-order valence-corrected chi connectivity index (χ4v) is 5.54. The van der Waals surface area contributed by atoms with E-state index in [1.807, 2.05) is 13.8 Å². The largest absolute Gasteiger partial charge is 0.452 e. The van der Waals surface area contributed by atoms with Crippen molar-refractivity contribution in [3.05, 3.63) is 0 Å². The van der Waals surface area contributed by atoms with Gasteiger partial charge in [-0.3, -0.25) is 28.8 Å². The maximum Gasteiger partial charge on any atom is 0.308 e. The number of nitrogens with one attached hydrogen (secondary N) is 2. The number of carbonyl (C=O) groups excluding carboxylic acids is 6. The Hall–Kier alpha value is -3.22. The highest BCUT2D eigenvalue weighted by atomic mass is 16.5. The van der Waals surface area contributed by atoms with E-state index in [0.717, 1.165) is 0 Å². The molecule has 2 rings (SSSR count). The van der Waals surface area contributed by atoms with Gasteiger partial charge in [0, 0.05) is 33.6 Å². The molecule has 43 heavy (non-hydrogen) atoms. The summed E-state index contributed by atoms with van der Waals surface area (Å²) in [6.07, 6.45) is -0.383. The van der Waals surface area contributed by atoms with Crippen molar-refractivity contribution in [3.8, 4) is 0 Å². The minimum atomic E-state index is -1.36. The van der Waals surface area contributed by atoms with Gasteiger partial charge in [0.2, 0.25) is 23.6 Å². The van der Waals surface area contributed by atoms with Crippen molar-refractivity contribution in [2.75, 3.05) is 27.2 Å². The predicted molar refractivity (Wildman–Crippen MR) is 158 cm³/mol. The number of esters is 1. The van der Waals surface area contributed by atoms with Crippen LogP contribution in [0.25, 0.3) is 0 Å². The number of likely N-dealkylation sites (N-methyl/N-ethyl adjacent to an activating group) is 2. The topological polar surface area (TPSA) is 166 Å². The second kappa shape index (κ2) is 15.0. The van der Waals surface area contributed by atoms with E-state index in [1.165, 1.54) is 42.6 Å². The van der Waals surface area contributed by atoms with E-state index in [0.29, 0.717) is 19.3 Å². The molecule has 0 spiro atoms. The molecule has 13 nitrogen and oxygen atoms in total. The average molecular weight is 610 g/mol. The highest BCUT2D eigenvalue weighted by Crippen LogP contribution is 2.25.